The lowest BCUT2D eigenvalue weighted by Gasteiger charge is -2.24. The average molecular weight is 288 g/mol. The Balaban J connectivity index is 1.75. The number of hydrogen-bond acceptors (Lipinski definition) is 2. The van der Waals surface area contributed by atoms with Gasteiger partial charge in [0.05, 0.1) is 12.6 Å². The largest absolute Gasteiger partial charge is 0.380 e. The minimum Gasteiger partial charge on any atom is -0.380 e. The molecule has 2 amide bonds. The third-order valence-electron chi connectivity index (χ3n) is 3.63. The minimum absolute atomic E-state index is 0.00918. The maximum atomic E-state index is 12.2. The monoisotopic (exact) mass is 288 g/mol. The maximum absolute atomic E-state index is 12.2. The quantitative estimate of drug-likeness (QED) is 0.874. The number of rotatable bonds is 6. The number of nitrogens with one attached hydrogen (secondary N) is 1. The van der Waals surface area contributed by atoms with E-state index < -0.39 is 0 Å². The van der Waals surface area contributed by atoms with Crippen molar-refractivity contribution in [3.05, 3.63) is 42.0 Å². The Bertz CT molecular complexity index is 459. The molecule has 114 valence electrons. The van der Waals surface area contributed by atoms with Crippen LogP contribution in [0, 0.1) is 0 Å². The second-order valence-corrected chi connectivity index (χ2v) is 5.15. The van der Waals surface area contributed by atoms with Gasteiger partial charge in [0.1, 0.15) is 0 Å². The molecule has 1 unspecified atom stereocenters. The first-order valence-corrected chi connectivity index (χ1v) is 7.65. The summed E-state index contributed by atoms with van der Waals surface area (Å²) < 4.78 is 5.45. The van der Waals surface area contributed by atoms with Crippen molar-refractivity contribution >= 4 is 12.1 Å². The molecule has 1 aliphatic rings. The van der Waals surface area contributed by atoms with E-state index in [4.69, 9.17) is 4.74 Å². The van der Waals surface area contributed by atoms with Crippen LogP contribution in [0.15, 0.2) is 36.4 Å². The first-order valence-electron chi connectivity index (χ1n) is 7.65. The van der Waals surface area contributed by atoms with E-state index in [0.29, 0.717) is 19.8 Å². The third-order valence-corrected chi connectivity index (χ3v) is 3.63. The Hall–Kier alpha value is -1.81. The van der Waals surface area contributed by atoms with Crippen LogP contribution < -0.4 is 5.32 Å². The second kappa shape index (κ2) is 8.47. The molecule has 0 aromatic heterocycles. The number of carbonyl (C=O) groups excluding carboxylic acids is 1. The van der Waals surface area contributed by atoms with E-state index in [9.17, 15) is 4.79 Å². The molecule has 4 heteroatoms. The van der Waals surface area contributed by atoms with E-state index in [0.717, 1.165) is 24.9 Å². The molecule has 1 aromatic carbocycles. The first-order chi connectivity index (χ1) is 10.3. The number of amides is 2. The summed E-state index contributed by atoms with van der Waals surface area (Å²) in [6, 6.07) is 10.3. The Kier molecular flexibility index (Phi) is 6.28. The SMILES string of the molecule is CCOCC1CCCN1C(=O)NCC=Cc1ccccc1. The van der Waals surface area contributed by atoms with E-state index in [-0.39, 0.29) is 12.1 Å². The molecule has 0 spiro atoms. The molecule has 1 atom stereocenters. The summed E-state index contributed by atoms with van der Waals surface area (Å²) in [4.78, 5) is 14.1. The predicted molar refractivity (Wildman–Crippen MR) is 85.1 cm³/mol. The summed E-state index contributed by atoms with van der Waals surface area (Å²) in [5.74, 6) is 0. The second-order valence-electron chi connectivity index (χ2n) is 5.15. The predicted octanol–water partition coefficient (Wildman–Crippen LogP) is 2.91. The van der Waals surface area contributed by atoms with E-state index in [1.165, 1.54) is 0 Å². The third kappa shape index (κ3) is 4.90. The highest BCUT2D eigenvalue weighted by atomic mass is 16.5. The topological polar surface area (TPSA) is 41.6 Å². The minimum atomic E-state index is 0.00918. The maximum Gasteiger partial charge on any atom is 0.317 e. The van der Waals surface area contributed by atoms with Gasteiger partial charge in [-0.2, -0.15) is 0 Å². The molecule has 1 N–H and O–H groups in total. The fourth-order valence-electron chi connectivity index (χ4n) is 2.54. The van der Waals surface area contributed by atoms with Gasteiger partial charge in [-0.15, -0.1) is 0 Å². The molecular weight excluding hydrogens is 264 g/mol. The molecule has 1 fully saturated rings. The van der Waals surface area contributed by atoms with Crippen LogP contribution in [0.5, 0.6) is 0 Å². The molecule has 0 saturated carbocycles. The number of urea groups is 1. The highest BCUT2D eigenvalue weighted by molar-refractivity contribution is 5.75. The van der Waals surface area contributed by atoms with Crippen LogP contribution in [0.25, 0.3) is 6.08 Å². The van der Waals surface area contributed by atoms with E-state index in [1.807, 2.05) is 54.3 Å². The fraction of sp³-hybridized carbons (Fsp3) is 0.471. The highest BCUT2D eigenvalue weighted by Gasteiger charge is 2.28. The van der Waals surface area contributed by atoms with Crippen molar-refractivity contribution < 1.29 is 9.53 Å². The first kappa shape index (κ1) is 15.6. The molecule has 1 saturated heterocycles. The molecule has 1 aliphatic heterocycles. The normalized spacial score (nSPS) is 18.3. The van der Waals surface area contributed by atoms with Crippen LogP contribution in [-0.2, 0) is 4.74 Å². The van der Waals surface area contributed by atoms with Crippen LogP contribution in [0.4, 0.5) is 4.79 Å². The van der Waals surface area contributed by atoms with Crippen LogP contribution >= 0.6 is 0 Å². The molecule has 0 aliphatic carbocycles. The fourth-order valence-corrected chi connectivity index (χ4v) is 2.54. The number of benzene rings is 1. The van der Waals surface area contributed by atoms with Crippen LogP contribution in [0.2, 0.25) is 0 Å². The van der Waals surface area contributed by atoms with Gasteiger partial charge in [0.25, 0.3) is 0 Å². The summed E-state index contributed by atoms with van der Waals surface area (Å²) in [6.07, 6.45) is 6.08. The van der Waals surface area contributed by atoms with Crippen LogP contribution in [-0.4, -0.2) is 43.3 Å². The lowest BCUT2D eigenvalue weighted by Crippen LogP contribution is -2.44. The molecular formula is C17H24N2O2. The zero-order valence-corrected chi connectivity index (χ0v) is 12.6. The van der Waals surface area contributed by atoms with Crippen molar-refractivity contribution in [2.24, 2.45) is 0 Å². The van der Waals surface area contributed by atoms with Gasteiger partial charge in [-0.25, -0.2) is 4.79 Å². The van der Waals surface area contributed by atoms with Crippen molar-refractivity contribution in [3.8, 4) is 0 Å². The molecule has 1 aromatic rings. The molecule has 1 heterocycles. The zero-order chi connectivity index (χ0) is 14.9. The number of carbonyl (C=O) groups is 1. The smallest absolute Gasteiger partial charge is 0.317 e. The average Bonchev–Trinajstić information content (AvgIpc) is 2.99. The van der Waals surface area contributed by atoms with Crippen LogP contribution in [0.1, 0.15) is 25.3 Å². The number of likely N-dealkylation sites (tertiary alicyclic amines) is 1. The van der Waals surface area contributed by atoms with Crippen molar-refractivity contribution in [2.45, 2.75) is 25.8 Å². The lowest BCUT2D eigenvalue weighted by molar-refractivity contribution is 0.0943. The molecule has 4 nitrogen and oxygen atoms in total. The molecule has 0 radical (unpaired) electrons. The van der Waals surface area contributed by atoms with Gasteiger partial charge in [-0.05, 0) is 25.3 Å². The summed E-state index contributed by atoms with van der Waals surface area (Å²) in [7, 11) is 0. The van der Waals surface area contributed by atoms with Crippen LogP contribution in [0.3, 0.4) is 0 Å². The highest BCUT2D eigenvalue weighted by Crippen LogP contribution is 2.17. The van der Waals surface area contributed by atoms with Gasteiger partial charge >= 0.3 is 6.03 Å². The van der Waals surface area contributed by atoms with Crippen molar-refractivity contribution in [3.63, 3.8) is 0 Å². The summed E-state index contributed by atoms with van der Waals surface area (Å²) in [6.45, 7) is 4.70. The van der Waals surface area contributed by atoms with E-state index in [2.05, 4.69) is 5.32 Å². The molecule has 0 bridgehead atoms. The summed E-state index contributed by atoms with van der Waals surface area (Å²) >= 11 is 0. The van der Waals surface area contributed by atoms with Gasteiger partial charge < -0.3 is 15.0 Å². The zero-order valence-electron chi connectivity index (χ0n) is 12.6. The van der Waals surface area contributed by atoms with E-state index in [1.54, 1.807) is 0 Å². The number of hydrogen-bond donors (Lipinski definition) is 1. The van der Waals surface area contributed by atoms with Gasteiger partial charge in [-0.3, -0.25) is 0 Å². The van der Waals surface area contributed by atoms with Gasteiger partial charge in [0, 0.05) is 19.7 Å². The molecule has 21 heavy (non-hydrogen) atoms. The Morgan fingerprint density at radius 2 is 2.24 bits per heavy atom. The molecule has 2 rings (SSSR count). The summed E-state index contributed by atoms with van der Waals surface area (Å²) in [5, 5.41) is 2.95. The lowest BCUT2D eigenvalue weighted by atomic mass is 10.2. The number of ether oxygens (including phenoxy) is 1. The standard InChI is InChI=1S/C17H24N2O2/c1-2-21-14-16-11-7-13-19(16)17(20)18-12-6-10-15-8-4-3-5-9-15/h3-6,8-10,16H,2,7,11-14H2,1H3,(H,18,20). The Morgan fingerprint density at radius 1 is 1.43 bits per heavy atom. The van der Waals surface area contributed by atoms with Crippen molar-refractivity contribution in [1.82, 2.24) is 10.2 Å². The summed E-state index contributed by atoms with van der Waals surface area (Å²) in [5.41, 5.74) is 1.14. The van der Waals surface area contributed by atoms with Gasteiger partial charge in [0.2, 0.25) is 0 Å². The Morgan fingerprint density at radius 3 is 3.00 bits per heavy atom. The Labute approximate surface area is 126 Å². The van der Waals surface area contributed by atoms with Gasteiger partial charge in [0.15, 0.2) is 0 Å². The number of nitrogens with zero attached hydrogens (tertiary/aromatic N) is 1. The van der Waals surface area contributed by atoms with Crippen molar-refractivity contribution in [2.75, 3.05) is 26.3 Å². The van der Waals surface area contributed by atoms with Crippen molar-refractivity contribution in [1.29, 1.82) is 0 Å². The van der Waals surface area contributed by atoms with Gasteiger partial charge in [-0.1, -0.05) is 42.5 Å². The van der Waals surface area contributed by atoms with E-state index >= 15 is 0 Å².